The fraction of sp³-hybridized carbons (Fsp3) is 0.316. The van der Waals surface area contributed by atoms with Crippen LogP contribution in [0.25, 0.3) is 0 Å². The zero-order chi connectivity index (χ0) is 19.8. The van der Waals surface area contributed by atoms with Gasteiger partial charge in [-0.2, -0.15) is 0 Å². The number of hydrogen-bond acceptors (Lipinski definition) is 5. The van der Waals surface area contributed by atoms with Gasteiger partial charge in [-0.05, 0) is 67.1 Å². The molecular formula is C19H21N3O4S2. The van der Waals surface area contributed by atoms with E-state index in [1.54, 1.807) is 12.1 Å². The molecule has 0 radical (unpaired) electrons. The summed E-state index contributed by atoms with van der Waals surface area (Å²) in [5.74, 6) is 0.434. The molecule has 0 amide bonds. The maximum absolute atomic E-state index is 12.7. The first-order valence-electron chi connectivity index (χ1n) is 9.14. The van der Waals surface area contributed by atoms with Gasteiger partial charge in [0.05, 0.1) is 15.5 Å². The van der Waals surface area contributed by atoms with Crippen LogP contribution in [-0.4, -0.2) is 29.2 Å². The van der Waals surface area contributed by atoms with E-state index in [4.69, 9.17) is 0 Å². The number of benzene rings is 2. The summed E-state index contributed by atoms with van der Waals surface area (Å²) in [5.41, 5.74) is 2.44. The lowest BCUT2D eigenvalue weighted by atomic mass is 10.1. The minimum atomic E-state index is -3.81. The molecule has 0 saturated carbocycles. The lowest BCUT2D eigenvalue weighted by molar-refractivity contribution is 0.591. The Morgan fingerprint density at radius 1 is 0.750 bits per heavy atom. The normalized spacial score (nSPS) is 16.5. The predicted octanol–water partition coefficient (Wildman–Crippen LogP) is 2.45. The van der Waals surface area contributed by atoms with Crippen molar-refractivity contribution < 1.29 is 16.8 Å². The highest BCUT2D eigenvalue weighted by atomic mass is 32.2. The van der Waals surface area contributed by atoms with Crippen molar-refractivity contribution in [3.63, 3.8) is 0 Å². The third-order valence-electron chi connectivity index (χ3n) is 4.90. The summed E-state index contributed by atoms with van der Waals surface area (Å²) in [7, 11) is -7.62. The van der Waals surface area contributed by atoms with Crippen molar-refractivity contribution in [3.05, 3.63) is 53.6 Å². The third-order valence-corrected chi connectivity index (χ3v) is 7.66. The molecule has 7 nitrogen and oxygen atoms in total. The van der Waals surface area contributed by atoms with Crippen LogP contribution >= 0.6 is 0 Å². The summed E-state index contributed by atoms with van der Waals surface area (Å²) in [5, 5.41) is 0. The Hall–Kier alpha value is -2.39. The van der Waals surface area contributed by atoms with Crippen molar-refractivity contribution in [2.45, 2.75) is 41.9 Å². The zero-order valence-corrected chi connectivity index (χ0v) is 16.8. The molecule has 0 saturated heterocycles. The van der Waals surface area contributed by atoms with Crippen LogP contribution in [0.4, 0.5) is 5.69 Å². The SMILES string of the molecule is O=S(=O)(NC1=NCCC1)c1cccc(NS(=O)(=O)c2ccc3c(c2)CCC3)c1. The molecule has 148 valence electrons. The van der Waals surface area contributed by atoms with Gasteiger partial charge < -0.3 is 0 Å². The fourth-order valence-electron chi connectivity index (χ4n) is 3.49. The van der Waals surface area contributed by atoms with Gasteiger partial charge in [0.1, 0.15) is 5.84 Å². The molecule has 0 bridgehead atoms. The fourth-order valence-corrected chi connectivity index (χ4v) is 5.73. The van der Waals surface area contributed by atoms with Crippen LogP contribution in [0.2, 0.25) is 0 Å². The predicted molar refractivity (Wildman–Crippen MR) is 108 cm³/mol. The van der Waals surface area contributed by atoms with E-state index in [9.17, 15) is 16.8 Å². The molecule has 1 aliphatic heterocycles. The van der Waals surface area contributed by atoms with Crippen LogP contribution < -0.4 is 9.44 Å². The molecule has 0 aromatic heterocycles. The average molecular weight is 420 g/mol. The first-order valence-corrected chi connectivity index (χ1v) is 12.1. The number of aliphatic imine (C=N–C) groups is 1. The summed E-state index contributed by atoms with van der Waals surface area (Å²) >= 11 is 0. The van der Waals surface area contributed by atoms with Crippen LogP contribution in [-0.2, 0) is 32.9 Å². The molecule has 2 N–H and O–H groups in total. The average Bonchev–Trinajstić information content (AvgIpc) is 3.32. The molecule has 0 unspecified atom stereocenters. The van der Waals surface area contributed by atoms with Gasteiger partial charge in [-0.15, -0.1) is 0 Å². The molecule has 28 heavy (non-hydrogen) atoms. The highest BCUT2D eigenvalue weighted by Crippen LogP contribution is 2.26. The van der Waals surface area contributed by atoms with E-state index in [1.807, 2.05) is 6.07 Å². The Morgan fingerprint density at radius 3 is 2.29 bits per heavy atom. The van der Waals surface area contributed by atoms with Crippen LogP contribution in [0, 0.1) is 0 Å². The summed E-state index contributed by atoms with van der Waals surface area (Å²) in [4.78, 5) is 4.27. The monoisotopic (exact) mass is 419 g/mol. The molecule has 1 heterocycles. The molecule has 2 aromatic carbocycles. The van der Waals surface area contributed by atoms with E-state index in [-0.39, 0.29) is 15.5 Å². The van der Waals surface area contributed by atoms with Crippen LogP contribution in [0.15, 0.2) is 57.2 Å². The second-order valence-corrected chi connectivity index (χ2v) is 10.3. The van der Waals surface area contributed by atoms with Gasteiger partial charge in [-0.3, -0.25) is 14.4 Å². The van der Waals surface area contributed by atoms with Crippen molar-refractivity contribution in [1.82, 2.24) is 4.72 Å². The number of hydrogen-bond donors (Lipinski definition) is 2. The lowest BCUT2D eigenvalue weighted by Crippen LogP contribution is -2.29. The largest absolute Gasteiger partial charge is 0.280 e. The van der Waals surface area contributed by atoms with Crippen LogP contribution in [0.3, 0.4) is 0 Å². The summed E-state index contributed by atoms with van der Waals surface area (Å²) in [6, 6.07) is 10.9. The van der Waals surface area contributed by atoms with E-state index < -0.39 is 20.0 Å². The number of fused-ring (bicyclic) bond motifs is 1. The second kappa shape index (κ2) is 7.21. The van der Waals surface area contributed by atoms with E-state index in [0.29, 0.717) is 18.8 Å². The van der Waals surface area contributed by atoms with E-state index >= 15 is 0 Å². The Labute approximate surface area is 165 Å². The summed E-state index contributed by atoms with van der Waals surface area (Å²) in [6.07, 6.45) is 4.29. The Morgan fingerprint density at radius 2 is 1.50 bits per heavy atom. The molecule has 2 aromatic rings. The highest BCUT2D eigenvalue weighted by molar-refractivity contribution is 7.92. The van der Waals surface area contributed by atoms with Gasteiger partial charge in [0.25, 0.3) is 20.0 Å². The van der Waals surface area contributed by atoms with Crippen LogP contribution in [0.1, 0.15) is 30.4 Å². The van der Waals surface area contributed by atoms with Crippen molar-refractivity contribution in [1.29, 1.82) is 0 Å². The second-order valence-electron chi connectivity index (χ2n) is 6.95. The number of nitrogens with zero attached hydrogens (tertiary/aromatic N) is 1. The topological polar surface area (TPSA) is 105 Å². The molecule has 0 fully saturated rings. The Balaban J connectivity index is 1.57. The van der Waals surface area contributed by atoms with Crippen LogP contribution in [0.5, 0.6) is 0 Å². The molecule has 4 rings (SSSR count). The summed E-state index contributed by atoms with van der Waals surface area (Å²) in [6.45, 7) is 0.610. The van der Waals surface area contributed by atoms with Crippen molar-refractivity contribution in [2.75, 3.05) is 11.3 Å². The smallest absolute Gasteiger partial charge is 0.262 e. The Bertz CT molecular complexity index is 1160. The van der Waals surface area contributed by atoms with Crippen molar-refractivity contribution in [2.24, 2.45) is 4.99 Å². The number of sulfonamides is 2. The first-order chi connectivity index (χ1) is 13.3. The number of anilines is 1. The molecule has 9 heteroatoms. The van der Waals surface area contributed by atoms with Gasteiger partial charge >= 0.3 is 0 Å². The zero-order valence-electron chi connectivity index (χ0n) is 15.2. The van der Waals surface area contributed by atoms with Crippen molar-refractivity contribution >= 4 is 31.6 Å². The lowest BCUT2D eigenvalue weighted by Gasteiger charge is -2.12. The molecule has 2 aliphatic rings. The molecule has 0 atom stereocenters. The van der Waals surface area contributed by atoms with E-state index in [2.05, 4.69) is 14.4 Å². The number of nitrogens with one attached hydrogen (secondary N) is 2. The summed E-state index contributed by atoms with van der Waals surface area (Å²) < 4.78 is 55.5. The van der Waals surface area contributed by atoms with Gasteiger partial charge in [-0.25, -0.2) is 16.8 Å². The first kappa shape index (κ1) is 18.9. The Kier molecular flexibility index (Phi) is 4.88. The maximum atomic E-state index is 12.7. The molecule has 0 spiro atoms. The maximum Gasteiger partial charge on any atom is 0.262 e. The van der Waals surface area contributed by atoms with Crippen molar-refractivity contribution in [3.8, 4) is 0 Å². The standard InChI is InChI=1S/C19H21N3O4S2/c23-27(24,18-10-9-14-4-1-5-15(14)12-18)21-16-6-2-7-17(13-16)28(25,26)22-19-8-3-11-20-19/h2,6-7,9-10,12-13,21H,1,3-5,8,11H2,(H,20,22). The quantitative estimate of drug-likeness (QED) is 0.777. The number of aryl methyl sites for hydroxylation is 2. The molecule has 1 aliphatic carbocycles. The minimum absolute atomic E-state index is 0.0174. The van der Waals surface area contributed by atoms with E-state index in [0.717, 1.165) is 31.2 Å². The highest BCUT2D eigenvalue weighted by Gasteiger charge is 2.21. The minimum Gasteiger partial charge on any atom is -0.280 e. The third kappa shape index (κ3) is 3.90. The number of rotatable bonds is 5. The number of amidine groups is 1. The van der Waals surface area contributed by atoms with Gasteiger partial charge in [0, 0.05) is 13.0 Å². The van der Waals surface area contributed by atoms with E-state index in [1.165, 1.54) is 29.8 Å². The van der Waals surface area contributed by atoms with Gasteiger partial charge in [-0.1, -0.05) is 12.1 Å². The van der Waals surface area contributed by atoms with Gasteiger partial charge in [0.15, 0.2) is 0 Å². The molecular weight excluding hydrogens is 398 g/mol. The van der Waals surface area contributed by atoms with Gasteiger partial charge in [0.2, 0.25) is 0 Å².